The van der Waals surface area contributed by atoms with Gasteiger partial charge in [-0.15, -0.1) is 5.10 Å². The molecule has 0 unspecified atom stereocenters. The Bertz CT molecular complexity index is 370. The van der Waals surface area contributed by atoms with E-state index in [1.54, 1.807) is 0 Å². The first-order valence-corrected chi connectivity index (χ1v) is 6.02. The lowest BCUT2D eigenvalue weighted by Crippen LogP contribution is -2.32. The number of nitrogens with two attached hydrogens (primary N) is 1. The van der Waals surface area contributed by atoms with E-state index in [1.165, 1.54) is 24.8 Å². The Morgan fingerprint density at radius 2 is 1.81 bits per heavy atom. The number of anilines is 1. The van der Waals surface area contributed by atoms with Crippen LogP contribution in [0.1, 0.15) is 36.1 Å². The summed E-state index contributed by atoms with van der Waals surface area (Å²) in [7, 11) is 0. The van der Waals surface area contributed by atoms with Crippen LogP contribution in [-0.4, -0.2) is 23.3 Å². The van der Waals surface area contributed by atoms with Crippen molar-refractivity contribution in [3.63, 3.8) is 0 Å². The highest BCUT2D eigenvalue weighted by Crippen LogP contribution is 2.24. The van der Waals surface area contributed by atoms with E-state index in [4.69, 9.17) is 5.73 Å². The summed E-state index contributed by atoms with van der Waals surface area (Å²) in [6.45, 7) is 6.80. The molecule has 88 valence electrons. The van der Waals surface area contributed by atoms with Gasteiger partial charge in [-0.05, 0) is 38.7 Å². The molecule has 1 aliphatic heterocycles. The highest BCUT2D eigenvalue weighted by Gasteiger charge is 2.18. The lowest BCUT2D eigenvalue weighted by atomic mass is 10.1. The molecule has 0 spiro atoms. The van der Waals surface area contributed by atoms with Crippen molar-refractivity contribution in [1.29, 1.82) is 0 Å². The monoisotopic (exact) mass is 220 g/mol. The van der Waals surface area contributed by atoms with Crippen LogP contribution in [0.2, 0.25) is 0 Å². The van der Waals surface area contributed by atoms with Gasteiger partial charge in [0, 0.05) is 25.2 Å². The minimum atomic E-state index is 0.550. The first kappa shape index (κ1) is 11.3. The lowest BCUT2D eigenvalue weighted by Gasteiger charge is -2.29. The Kier molecular flexibility index (Phi) is 3.39. The fraction of sp³-hybridized carbons (Fsp3) is 0.667. The second kappa shape index (κ2) is 4.78. The summed E-state index contributed by atoms with van der Waals surface area (Å²) in [6.07, 6.45) is 3.82. The molecule has 0 radical (unpaired) electrons. The number of hydrogen-bond donors (Lipinski definition) is 1. The van der Waals surface area contributed by atoms with Crippen molar-refractivity contribution in [3.05, 3.63) is 16.8 Å². The van der Waals surface area contributed by atoms with Gasteiger partial charge < -0.3 is 10.6 Å². The molecule has 0 bridgehead atoms. The zero-order valence-corrected chi connectivity index (χ0v) is 10.2. The van der Waals surface area contributed by atoms with E-state index in [0.717, 1.165) is 30.2 Å². The molecular formula is C12H20N4. The predicted octanol–water partition coefficient (Wildman–Crippen LogP) is 1.54. The van der Waals surface area contributed by atoms with Crippen molar-refractivity contribution in [2.45, 2.75) is 39.7 Å². The fourth-order valence-electron chi connectivity index (χ4n) is 2.25. The molecule has 1 saturated heterocycles. The van der Waals surface area contributed by atoms with Crippen LogP contribution in [0.5, 0.6) is 0 Å². The third-order valence-corrected chi connectivity index (χ3v) is 3.42. The molecule has 4 nitrogen and oxygen atoms in total. The highest BCUT2D eigenvalue weighted by molar-refractivity contribution is 5.50. The van der Waals surface area contributed by atoms with Crippen LogP contribution in [0, 0.1) is 13.8 Å². The number of nitrogens with zero attached hydrogens (tertiary/aromatic N) is 3. The second-order valence-electron chi connectivity index (χ2n) is 4.46. The van der Waals surface area contributed by atoms with Gasteiger partial charge in [0.25, 0.3) is 0 Å². The van der Waals surface area contributed by atoms with Crippen molar-refractivity contribution >= 4 is 5.82 Å². The van der Waals surface area contributed by atoms with Crippen LogP contribution in [0.25, 0.3) is 0 Å². The van der Waals surface area contributed by atoms with Crippen LogP contribution in [0.15, 0.2) is 0 Å². The second-order valence-corrected chi connectivity index (χ2v) is 4.46. The van der Waals surface area contributed by atoms with Gasteiger partial charge in [-0.3, -0.25) is 0 Å². The largest absolute Gasteiger partial charge is 0.355 e. The molecule has 0 aliphatic carbocycles. The topological polar surface area (TPSA) is 55.0 Å². The molecule has 0 amide bonds. The minimum Gasteiger partial charge on any atom is -0.355 e. The van der Waals surface area contributed by atoms with Crippen molar-refractivity contribution < 1.29 is 0 Å². The van der Waals surface area contributed by atoms with E-state index in [9.17, 15) is 0 Å². The van der Waals surface area contributed by atoms with Gasteiger partial charge in [-0.25, -0.2) is 0 Å². The standard InChI is InChI=1S/C12H20N4/c1-9-10(2)14-15-12(11(9)8-13)16-6-4-3-5-7-16/h3-8,13H2,1-2H3. The quantitative estimate of drug-likeness (QED) is 0.821. The van der Waals surface area contributed by atoms with E-state index in [0.29, 0.717) is 6.54 Å². The van der Waals surface area contributed by atoms with Gasteiger partial charge in [0.05, 0.1) is 5.69 Å². The van der Waals surface area contributed by atoms with Crippen LogP contribution in [-0.2, 0) is 6.54 Å². The summed E-state index contributed by atoms with van der Waals surface area (Å²) < 4.78 is 0. The van der Waals surface area contributed by atoms with Gasteiger partial charge in [0.1, 0.15) is 0 Å². The highest BCUT2D eigenvalue weighted by atomic mass is 15.3. The average Bonchev–Trinajstić information content (AvgIpc) is 2.33. The molecule has 0 aromatic carbocycles. The van der Waals surface area contributed by atoms with Gasteiger partial charge >= 0.3 is 0 Å². The first-order valence-electron chi connectivity index (χ1n) is 6.02. The van der Waals surface area contributed by atoms with Crippen LogP contribution in [0.3, 0.4) is 0 Å². The van der Waals surface area contributed by atoms with Gasteiger partial charge in [0.15, 0.2) is 5.82 Å². The predicted molar refractivity (Wildman–Crippen MR) is 65.5 cm³/mol. The van der Waals surface area contributed by atoms with Crippen molar-refractivity contribution in [1.82, 2.24) is 10.2 Å². The molecule has 0 saturated carbocycles. The maximum atomic E-state index is 5.83. The van der Waals surface area contributed by atoms with E-state index < -0.39 is 0 Å². The zero-order valence-electron chi connectivity index (χ0n) is 10.2. The Morgan fingerprint density at radius 3 is 2.44 bits per heavy atom. The van der Waals surface area contributed by atoms with E-state index in [-0.39, 0.29) is 0 Å². The Morgan fingerprint density at radius 1 is 1.12 bits per heavy atom. The summed E-state index contributed by atoms with van der Waals surface area (Å²) in [5.41, 5.74) is 9.17. The number of aromatic nitrogens is 2. The normalized spacial score (nSPS) is 16.6. The van der Waals surface area contributed by atoms with Gasteiger partial charge in [-0.2, -0.15) is 5.10 Å². The molecule has 1 aromatic rings. The molecule has 0 atom stereocenters. The van der Waals surface area contributed by atoms with E-state index >= 15 is 0 Å². The van der Waals surface area contributed by atoms with Gasteiger partial charge in [0.2, 0.25) is 0 Å². The third kappa shape index (κ3) is 2.02. The Labute approximate surface area is 96.9 Å². The molecule has 1 fully saturated rings. The molecular weight excluding hydrogens is 200 g/mol. The van der Waals surface area contributed by atoms with E-state index in [1.807, 2.05) is 6.92 Å². The summed E-state index contributed by atoms with van der Waals surface area (Å²) in [5, 5.41) is 8.54. The number of aryl methyl sites for hydroxylation is 1. The molecule has 16 heavy (non-hydrogen) atoms. The van der Waals surface area contributed by atoms with Crippen molar-refractivity contribution in [2.75, 3.05) is 18.0 Å². The Balaban J connectivity index is 2.35. The maximum absolute atomic E-state index is 5.83. The summed E-state index contributed by atoms with van der Waals surface area (Å²) in [5.74, 6) is 1.00. The molecule has 1 aliphatic rings. The van der Waals surface area contributed by atoms with E-state index in [2.05, 4.69) is 22.0 Å². The van der Waals surface area contributed by atoms with Crippen LogP contribution < -0.4 is 10.6 Å². The molecule has 2 rings (SSSR count). The van der Waals surface area contributed by atoms with Crippen LogP contribution in [0.4, 0.5) is 5.82 Å². The number of hydrogen-bond acceptors (Lipinski definition) is 4. The average molecular weight is 220 g/mol. The van der Waals surface area contributed by atoms with Crippen LogP contribution >= 0.6 is 0 Å². The maximum Gasteiger partial charge on any atom is 0.156 e. The summed E-state index contributed by atoms with van der Waals surface area (Å²) >= 11 is 0. The fourth-order valence-corrected chi connectivity index (χ4v) is 2.25. The third-order valence-electron chi connectivity index (χ3n) is 3.42. The molecule has 4 heteroatoms. The lowest BCUT2D eigenvalue weighted by molar-refractivity contribution is 0.568. The van der Waals surface area contributed by atoms with Gasteiger partial charge in [-0.1, -0.05) is 0 Å². The Hall–Kier alpha value is -1.16. The number of rotatable bonds is 2. The number of piperidine rings is 1. The van der Waals surface area contributed by atoms with Crippen molar-refractivity contribution in [3.8, 4) is 0 Å². The molecule has 2 N–H and O–H groups in total. The molecule has 1 aromatic heterocycles. The first-order chi connectivity index (χ1) is 7.74. The summed E-state index contributed by atoms with van der Waals surface area (Å²) in [4.78, 5) is 2.32. The van der Waals surface area contributed by atoms with Crippen molar-refractivity contribution in [2.24, 2.45) is 5.73 Å². The SMILES string of the molecule is Cc1nnc(N2CCCCC2)c(CN)c1C. The zero-order chi connectivity index (χ0) is 11.5. The summed E-state index contributed by atoms with van der Waals surface area (Å²) in [6, 6.07) is 0. The smallest absolute Gasteiger partial charge is 0.156 e. The minimum absolute atomic E-state index is 0.550. The molecule has 2 heterocycles.